The molecule has 0 aliphatic carbocycles. The van der Waals surface area contributed by atoms with E-state index in [0.29, 0.717) is 30.6 Å². The van der Waals surface area contributed by atoms with Crippen LogP contribution < -0.4 is 5.73 Å². The molecule has 2 heterocycles. The zero-order chi connectivity index (χ0) is 11.1. The summed E-state index contributed by atoms with van der Waals surface area (Å²) < 4.78 is 18.8. The molecule has 3 rings (SSSR count). The van der Waals surface area contributed by atoms with E-state index >= 15 is 0 Å². The molecule has 2 aliphatic heterocycles. The Balaban J connectivity index is 1.91. The van der Waals surface area contributed by atoms with Crippen LogP contribution in [0.3, 0.4) is 0 Å². The predicted molar refractivity (Wildman–Crippen MR) is 59.6 cm³/mol. The third-order valence-electron chi connectivity index (χ3n) is 3.95. The molecular weight excluding hydrogens is 205 g/mol. The van der Waals surface area contributed by atoms with Gasteiger partial charge in [0.05, 0.1) is 12.2 Å². The Morgan fingerprint density at radius 2 is 1.88 bits per heavy atom. The Morgan fingerprint density at radius 3 is 2.56 bits per heavy atom. The summed E-state index contributed by atoms with van der Waals surface area (Å²) >= 11 is 0. The van der Waals surface area contributed by atoms with Crippen LogP contribution in [-0.2, 0) is 4.74 Å². The van der Waals surface area contributed by atoms with E-state index in [9.17, 15) is 4.39 Å². The van der Waals surface area contributed by atoms with E-state index in [1.807, 2.05) is 12.1 Å². The van der Waals surface area contributed by atoms with Crippen molar-refractivity contribution in [2.45, 2.75) is 31.0 Å². The van der Waals surface area contributed by atoms with Crippen molar-refractivity contribution in [3.05, 3.63) is 35.6 Å². The zero-order valence-corrected chi connectivity index (χ0v) is 9.10. The number of halogens is 1. The smallest absolute Gasteiger partial charge is 0.123 e. The van der Waals surface area contributed by atoms with Crippen molar-refractivity contribution < 1.29 is 9.13 Å². The van der Waals surface area contributed by atoms with Gasteiger partial charge in [-0.3, -0.25) is 0 Å². The van der Waals surface area contributed by atoms with Crippen molar-refractivity contribution in [3.8, 4) is 0 Å². The lowest BCUT2D eigenvalue weighted by Gasteiger charge is -2.27. The van der Waals surface area contributed by atoms with Crippen molar-refractivity contribution in [1.29, 1.82) is 0 Å². The molecule has 1 aromatic rings. The molecule has 0 spiro atoms. The highest BCUT2D eigenvalue weighted by atomic mass is 19.1. The number of hydrogen-bond donors (Lipinski definition) is 1. The molecule has 0 radical (unpaired) electrons. The molecule has 0 amide bonds. The molecule has 2 nitrogen and oxygen atoms in total. The zero-order valence-electron chi connectivity index (χ0n) is 9.10. The van der Waals surface area contributed by atoms with Crippen LogP contribution in [0, 0.1) is 11.7 Å². The van der Waals surface area contributed by atoms with E-state index in [0.717, 1.165) is 12.8 Å². The largest absolute Gasteiger partial charge is 0.374 e. The van der Waals surface area contributed by atoms with Crippen LogP contribution >= 0.6 is 0 Å². The van der Waals surface area contributed by atoms with Crippen LogP contribution in [0.15, 0.2) is 24.3 Å². The third kappa shape index (κ3) is 1.46. The van der Waals surface area contributed by atoms with Gasteiger partial charge in [-0.25, -0.2) is 4.39 Å². The fourth-order valence-corrected chi connectivity index (χ4v) is 3.22. The molecule has 4 unspecified atom stereocenters. The molecule has 86 valence electrons. The Labute approximate surface area is 94.6 Å². The number of benzene rings is 1. The van der Waals surface area contributed by atoms with E-state index < -0.39 is 0 Å². The first-order valence-electron chi connectivity index (χ1n) is 5.90. The number of ether oxygens (including phenoxy) is 1. The van der Waals surface area contributed by atoms with E-state index in [-0.39, 0.29) is 5.82 Å². The second-order valence-electron chi connectivity index (χ2n) is 4.77. The molecule has 0 aromatic heterocycles. The van der Waals surface area contributed by atoms with Gasteiger partial charge in [-0.05, 0) is 37.1 Å². The lowest BCUT2D eigenvalue weighted by atomic mass is 9.75. The minimum Gasteiger partial charge on any atom is -0.374 e. The van der Waals surface area contributed by atoms with Crippen LogP contribution in [0.1, 0.15) is 24.3 Å². The first-order valence-corrected chi connectivity index (χ1v) is 5.90. The Bertz CT molecular complexity index is 378. The lowest BCUT2D eigenvalue weighted by Crippen LogP contribution is -2.31. The highest BCUT2D eigenvalue weighted by molar-refractivity contribution is 5.25. The van der Waals surface area contributed by atoms with E-state index in [1.54, 1.807) is 0 Å². The minimum absolute atomic E-state index is 0.183. The van der Waals surface area contributed by atoms with Gasteiger partial charge in [0, 0.05) is 11.8 Å². The third-order valence-corrected chi connectivity index (χ3v) is 3.95. The summed E-state index contributed by atoms with van der Waals surface area (Å²) in [4.78, 5) is 0. The maximum atomic E-state index is 12.9. The van der Waals surface area contributed by atoms with Crippen LogP contribution in [-0.4, -0.2) is 18.8 Å². The number of fused-ring (bicyclic) bond motifs is 2. The van der Waals surface area contributed by atoms with Crippen LogP contribution in [0.4, 0.5) is 4.39 Å². The molecule has 2 N–H and O–H groups in total. The van der Waals surface area contributed by atoms with E-state index in [2.05, 4.69) is 0 Å². The van der Waals surface area contributed by atoms with Crippen molar-refractivity contribution in [2.24, 2.45) is 11.7 Å². The highest BCUT2D eigenvalue weighted by Crippen LogP contribution is 2.48. The van der Waals surface area contributed by atoms with Gasteiger partial charge in [0.15, 0.2) is 0 Å². The van der Waals surface area contributed by atoms with Gasteiger partial charge < -0.3 is 10.5 Å². The maximum Gasteiger partial charge on any atom is 0.123 e. The first kappa shape index (κ1) is 10.2. The Hall–Kier alpha value is -0.930. The van der Waals surface area contributed by atoms with Gasteiger partial charge in [-0.2, -0.15) is 0 Å². The van der Waals surface area contributed by atoms with Crippen molar-refractivity contribution in [1.82, 2.24) is 0 Å². The van der Waals surface area contributed by atoms with Crippen LogP contribution in [0.5, 0.6) is 0 Å². The molecule has 2 bridgehead atoms. The Kier molecular flexibility index (Phi) is 2.45. The number of hydrogen-bond acceptors (Lipinski definition) is 2. The molecular formula is C13H16FNO. The number of nitrogens with two attached hydrogens (primary N) is 1. The van der Waals surface area contributed by atoms with Gasteiger partial charge in [-0.15, -0.1) is 0 Å². The van der Waals surface area contributed by atoms with Crippen LogP contribution in [0.2, 0.25) is 0 Å². The second kappa shape index (κ2) is 3.82. The minimum atomic E-state index is -0.183. The number of rotatable bonds is 2. The summed E-state index contributed by atoms with van der Waals surface area (Å²) in [7, 11) is 0. The summed E-state index contributed by atoms with van der Waals surface area (Å²) in [6.45, 7) is 0.656. The highest BCUT2D eigenvalue weighted by Gasteiger charge is 2.48. The molecule has 2 fully saturated rings. The van der Waals surface area contributed by atoms with Crippen molar-refractivity contribution in [3.63, 3.8) is 0 Å². The fraction of sp³-hybridized carbons (Fsp3) is 0.538. The monoisotopic (exact) mass is 221 g/mol. The normalized spacial score (nSPS) is 36.9. The van der Waals surface area contributed by atoms with Gasteiger partial charge in [0.25, 0.3) is 0 Å². The summed E-state index contributed by atoms with van der Waals surface area (Å²) in [5.74, 6) is 0.589. The fourth-order valence-electron chi connectivity index (χ4n) is 3.22. The topological polar surface area (TPSA) is 35.2 Å². The van der Waals surface area contributed by atoms with Gasteiger partial charge in [-0.1, -0.05) is 12.1 Å². The molecule has 2 saturated heterocycles. The lowest BCUT2D eigenvalue weighted by molar-refractivity contribution is 0.0918. The first-order chi connectivity index (χ1) is 7.79. The average molecular weight is 221 g/mol. The summed E-state index contributed by atoms with van der Waals surface area (Å²) in [5, 5.41) is 0. The summed E-state index contributed by atoms with van der Waals surface area (Å²) in [5.41, 5.74) is 6.99. The predicted octanol–water partition coefficient (Wildman–Crippen LogP) is 2.05. The van der Waals surface area contributed by atoms with Gasteiger partial charge in [0.1, 0.15) is 5.82 Å². The molecule has 3 heteroatoms. The summed E-state index contributed by atoms with van der Waals surface area (Å²) in [6.07, 6.45) is 2.86. The van der Waals surface area contributed by atoms with Gasteiger partial charge >= 0.3 is 0 Å². The molecule has 4 atom stereocenters. The SMILES string of the molecule is NCC1C2CCC(O2)C1c1ccc(F)cc1. The molecule has 1 aromatic carbocycles. The molecule has 0 saturated carbocycles. The van der Waals surface area contributed by atoms with E-state index in [4.69, 9.17) is 10.5 Å². The molecule has 2 aliphatic rings. The average Bonchev–Trinajstić information content (AvgIpc) is 2.89. The van der Waals surface area contributed by atoms with Crippen LogP contribution in [0.25, 0.3) is 0 Å². The van der Waals surface area contributed by atoms with Crippen molar-refractivity contribution >= 4 is 0 Å². The summed E-state index contributed by atoms with van der Waals surface area (Å²) in [6, 6.07) is 6.78. The van der Waals surface area contributed by atoms with E-state index in [1.165, 1.54) is 17.7 Å². The van der Waals surface area contributed by atoms with Gasteiger partial charge in [0.2, 0.25) is 0 Å². The quantitative estimate of drug-likeness (QED) is 0.829. The second-order valence-corrected chi connectivity index (χ2v) is 4.77. The van der Waals surface area contributed by atoms with Crippen molar-refractivity contribution in [2.75, 3.05) is 6.54 Å². The molecule has 16 heavy (non-hydrogen) atoms. The Morgan fingerprint density at radius 1 is 1.19 bits per heavy atom. The standard InChI is InChI=1S/C13H16FNO/c14-9-3-1-8(2-4-9)13-10(7-15)11-5-6-12(13)16-11/h1-4,10-13H,5-7,15H2. The maximum absolute atomic E-state index is 12.9.